The molecule has 0 bridgehead atoms. The van der Waals surface area contributed by atoms with Crippen molar-refractivity contribution in [2.45, 2.75) is 20.8 Å². The molecule has 110 valence electrons. The number of hydrogen-bond acceptors (Lipinski definition) is 1. The third-order valence-electron chi connectivity index (χ3n) is 3.88. The smallest absolute Gasteiger partial charge is 0.0490 e. The number of nitrogens with zero attached hydrogens (tertiary/aromatic N) is 1. The number of para-hydroxylation sites is 1. The highest BCUT2D eigenvalue weighted by molar-refractivity contribution is 5.78. The van der Waals surface area contributed by atoms with Crippen LogP contribution in [0.15, 0.2) is 72.8 Å². The fourth-order valence-corrected chi connectivity index (χ4v) is 2.78. The number of aryl methyl sites for hydroxylation is 3. The van der Waals surface area contributed by atoms with E-state index in [4.69, 9.17) is 0 Å². The Labute approximate surface area is 132 Å². The van der Waals surface area contributed by atoms with E-state index in [2.05, 4.69) is 98.5 Å². The molecule has 0 N–H and O–H groups in total. The van der Waals surface area contributed by atoms with Gasteiger partial charge in [0.05, 0.1) is 0 Å². The van der Waals surface area contributed by atoms with Crippen LogP contribution in [0.2, 0.25) is 0 Å². The Morgan fingerprint density at radius 3 is 1.64 bits per heavy atom. The summed E-state index contributed by atoms with van der Waals surface area (Å²) in [5.74, 6) is 0. The molecule has 0 amide bonds. The van der Waals surface area contributed by atoms with Crippen molar-refractivity contribution >= 4 is 17.1 Å². The molecule has 22 heavy (non-hydrogen) atoms. The third kappa shape index (κ3) is 2.89. The second-order valence-corrected chi connectivity index (χ2v) is 5.80. The van der Waals surface area contributed by atoms with Crippen LogP contribution >= 0.6 is 0 Å². The summed E-state index contributed by atoms with van der Waals surface area (Å²) >= 11 is 0. The normalized spacial score (nSPS) is 10.5. The van der Waals surface area contributed by atoms with Gasteiger partial charge in [0.1, 0.15) is 0 Å². The van der Waals surface area contributed by atoms with Gasteiger partial charge in [-0.05, 0) is 67.8 Å². The zero-order valence-corrected chi connectivity index (χ0v) is 13.4. The third-order valence-corrected chi connectivity index (χ3v) is 3.88. The number of hydrogen-bond donors (Lipinski definition) is 0. The second kappa shape index (κ2) is 6.07. The van der Waals surface area contributed by atoms with Crippen LogP contribution in [-0.4, -0.2) is 0 Å². The first-order valence-corrected chi connectivity index (χ1v) is 7.64. The maximum Gasteiger partial charge on any atom is 0.0490 e. The highest BCUT2D eigenvalue weighted by atomic mass is 15.1. The fraction of sp³-hybridized carbons (Fsp3) is 0.143. The monoisotopic (exact) mass is 287 g/mol. The summed E-state index contributed by atoms with van der Waals surface area (Å²) in [7, 11) is 0. The van der Waals surface area contributed by atoms with Crippen LogP contribution in [0.5, 0.6) is 0 Å². The van der Waals surface area contributed by atoms with Crippen molar-refractivity contribution in [3.8, 4) is 0 Å². The largest absolute Gasteiger partial charge is 0.310 e. The molecule has 0 saturated carbocycles. The van der Waals surface area contributed by atoms with Gasteiger partial charge < -0.3 is 4.90 Å². The highest BCUT2D eigenvalue weighted by Gasteiger charge is 2.14. The lowest BCUT2D eigenvalue weighted by Crippen LogP contribution is -2.11. The van der Waals surface area contributed by atoms with E-state index in [-0.39, 0.29) is 0 Å². The predicted octanol–water partition coefficient (Wildman–Crippen LogP) is 6.08. The molecular formula is C21H21N. The van der Waals surface area contributed by atoms with Gasteiger partial charge in [-0.15, -0.1) is 0 Å². The molecule has 3 aromatic rings. The van der Waals surface area contributed by atoms with Gasteiger partial charge in [-0.25, -0.2) is 0 Å². The number of rotatable bonds is 3. The van der Waals surface area contributed by atoms with Crippen molar-refractivity contribution < 1.29 is 0 Å². The lowest BCUT2D eigenvalue weighted by molar-refractivity contribution is 1.23. The van der Waals surface area contributed by atoms with E-state index in [9.17, 15) is 0 Å². The molecule has 3 rings (SSSR count). The summed E-state index contributed by atoms with van der Waals surface area (Å²) in [6.45, 7) is 6.43. The van der Waals surface area contributed by atoms with Crippen molar-refractivity contribution in [2.24, 2.45) is 0 Å². The van der Waals surface area contributed by atoms with Gasteiger partial charge >= 0.3 is 0 Å². The molecule has 0 aliphatic carbocycles. The van der Waals surface area contributed by atoms with E-state index >= 15 is 0 Å². The van der Waals surface area contributed by atoms with Crippen LogP contribution in [0, 0.1) is 20.8 Å². The quantitative estimate of drug-likeness (QED) is 0.564. The molecule has 0 aliphatic heterocycles. The first kappa shape index (κ1) is 14.4. The average Bonchev–Trinajstić information content (AvgIpc) is 2.50. The van der Waals surface area contributed by atoms with Crippen molar-refractivity contribution in [1.29, 1.82) is 0 Å². The molecule has 3 aromatic carbocycles. The van der Waals surface area contributed by atoms with Crippen LogP contribution in [0.1, 0.15) is 16.7 Å². The maximum absolute atomic E-state index is 2.33. The Morgan fingerprint density at radius 2 is 1.14 bits per heavy atom. The molecule has 0 atom stereocenters. The molecule has 0 unspecified atom stereocenters. The van der Waals surface area contributed by atoms with Crippen molar-refractivity contribution in [1.82, 2.24) is 0 Å². The van der Waals surface area contributed by atoms with Crippen molar-refractivity contribution in [2.75, 3.05) is 4.90 Å². The zero-order chi connectivity index (χ0) is 15.5. The molecule has 0 aliphatic rings. The SMILES string of the molecule is Cc1cccc(N(c2cccc(C)c2)c2ccccc2C)c1. The summed E-state index contributed by atoms with van der Waals surface area (Å²) in [6.07, 6.45) is 0. The molecule has 0 aromatic heterocycles. The first-order valence-electron chi connectivity index (χ1n) is 7.64. The van der Waals surface area contributed by atoms with Crippen molar-refractivity contribution in [3.05, 3.63) is 89.5 Å². The molecule has 0 saturated heterocycles. The number of anilines is 3. The predicted molar refractivity (Wildman–Crippen MR) is 95.3 cm³/mol. The van der Waals surface area contributed by atoms with E-state index in [0.717, 1.165) is 0 Å². The Morgan fingerprint density at radius 1 is 0.591 bits per heavy atom. The van der Waals surface area contributed by atoms with E-state index in [1.165, 1.54) is 33.8 Å². The van der Waals surface area contributed by atoms with Crippen LogP contribution in [-0.2, 0) is 0 Å². The summed E-state index contributed by atoms with van der Waals surface area (Å²) in [4.78, 5) is 2.33. The van der Waals surface area contributed by atoms with E-state index < -0.39 is 0 Å². The lowest BCUT2D eigenvalue weighted by atomic mass is 10.1. The van der Waals surface area contributed by atoms with Crippen LogP contribution in [0.4, 0.5) is 17.1 Å². The van der Waals surface area contributed by atoms with E-state index in [1.807, 2.05) is 0 Å². The highest BCUT2D eigenvalue weighted by Crippen LogP contribution is 2.36. The van der Waals surface area contributed by atoms with Gasteiger partial charge in [0.15, 0.2) is 0 Å². The summed E-state index contributed by atoms with van der Waals surface area (Å²) in [6, 6.07) is 25.8. The standard InChI is InChI=1S/C21H21N/c1-16-8-6-11-19(14-16)22(20-12-7-9-17(2)15-20)21-13-5-4-10-18(21)3/h4-15H,1-3H3. The zero-order valence-electron chi connectivity index (χ0n) is 13.4. The van der Waals surface area contributed by atoms with Crippen LogP contribution < -0.4 is 4.90 Å². The van der Waals surface area contributed by atoms with Crippen molar-refractivity contribution in [3.63, 3.8) is 0 Å². The topological polar surface area (TPSA) is 3.24 Å². The van der Waals surface area contributed by atoms with Crippen LogP contribution in [0.3, 0.4) is 0 Å². The minimum atomic E-state index is 1.19. The minimum absolute atomic E-state index is 1.19. The molecule has 0 spiro atoms. The lowest BCUT2D eigenvalue weighted by Gasteiger charge is -2.27. The van der Waals surface area contributed by atoms with E-state index in [0.29, 0.717) is 0 Å². The summed E-state index contributed by atoms with van der Waals surface area (Å²) in [5.41, 5.74) is 7.41. The maximum atomic E-state index is 2.33. The first-order chi connectivity index (χ1) is 10.6. The molecule has 0 heterocycles. The molecule has 0 fully saturated rings. The van der Waals surface area contributed by atoms with Gasteiger partial charge in [-0.2, -0.15) is 0 Å². The van der Waals surface area contributed by atoms with Gasteiger partial charge in [-0.1, -0.05) is 42.5 Å². The second-order valence-electron chi connectivity index (χ2n) is 5.80. The van der Waals surface area contributed by atoms with Crippen LogP contribution in [0.25, 0.3) is 0 Å². The summed E-state index contributed by atoms with van der Waals surface area (Å²) < 4.78 is 0. The Bertz CT molecular complexity index is 744. The average molecular weight is 287 g/mol. The Kier molecular flexibility index (Phi) is 3.97. The van der Waals surface area contributed by atoms with Gasteiger partial charge in [0.25, 0.3) is 0 Å². The molecule has 1 nitrogen and oxygen atoms in total. The molecular weight excluding hydrogens is 266 g/mol. The van der Waals surface area contributed by atoms with Gasteiger partial charge in [0.2, 0.25) is 0 Å². The molecule has 0 radical (unpaired) electrons. The molecule has 1 heteroatoms. The summed E-state index contributed by atoms with van der Waals surface area (Å²) in [5, 5.41) is 0. The van der Waals surface area contributed by atoms with Gasteiger partial charge in [-0.3, -0.25) is 0 Å². The Hall–Kier alpha value is -2.54. The minimum Gasteiger partial charge on any atom is -0.310 e. The number of benzene rings is 3. The van der Waals surface area contributed by atoms with Gasteiger partial charge in [0, 0.05) is 17.1 Å². The Balaban J connectivity index is 2.21. The van der Waals surface area contributed by atoms with E-state index in [1.54, 1.807) is 0 Å². The fourth-order valence-electron chi connectivity index (χ4n) is 2.78.